The minimum atomic E-state index is 0. The predicted octanol–water partition coefficient (Wildman–Crippen LogP) is 2.78. The molecule has 172 valence electrons. The van der Waals surface area contributed by atoms with Gasteiger partial charge in [-0.3, -0.25) is 14.6 Å². The molecule has 3 rings (SSSR count). The minimum Gasteiger partial charge on any atom is -0.379 e. The summed E-state index contributed by atoms with van der Waals surface area (Å²) in [4.78, 5) is 6.85. The van der Waals surface area contributed by atoms with Gasteiger partial charge in [-0.15, -0.1) is 24.0 Å². The summed E-state index contributed by atoms with van der Waals surface area (Å²) in [6, 6.07) is 9.04. The molecule has 1 aromatic heterocycles. The summed E-state index contributed by atoms with van der Waals surface area (Å²) in [6.45, 7) is 11.8. The highest BCUT2D eigenvalue weighted by Crippen LogP contribution is 2.14. The molecule has 0 spiro atoms. The second kappa shape index (κ2) is 12.4. The predicted molar refractivity (Wildman–Crippen MR) is 137 cm³/mol. The molecule has 0 aliphatic carbocycles. The van der Waals surface area contributed by atoms with Gasteiger partial charge >= 0.3 is 0 Å². The standard InChI is InChI=1S/C23H36N6O.HI/c1-17(13-22-18(2)27-28(5)19(22)3)26-23(24-4)25-15-20-7-6-8-21(14-20)16-29-9-11-30-12-10-29;/h6-8,14,17H,9-13,15-16H2,1-5H3,(H2,24,25,26);1H. The van der Waals surface area contributed by atoms with E-state index < -0.39 is 0 Å². The van der Waals surface area contributed by atoms with Gasteiger partial charge in [0.25, 0.3) is 0 Å². The third-order valence-electron chi connectivity index (χ3n) is 5.74. The number of morpholine rings is 1. The Kier molecular flexibility index (Phi) is 10.2. The monoisotopic (exact) mass is 540 g/mol. The summed E-state index contributed by atoms with van der Waals surface area (Å²) < 4.78 is 7.40. The van der Waals surface area contributed by atoms with Gasteiger partial charge in [0.15, 0.2) is 5.96 Å². The van der Waals surface area contributed by atoms with Crippen molar-refractivity contribution in [2.45, 2.75) is 46.3 Å². The Morgan fingerprint density at radius 3 is 2.58 bits per heavy atom. The first-order valence-electron chi connectivity index (χ1n) is 10.8. The van der Waals surface area contributed by atoms with Crippen molar-refractivity contribution in [2.75, 3.05) is 33.4 Å². The lowest BCUT2D eigenvalue weighted by Crippen LogP contribution is -2.42. The molecule has 2 N–H and O–H groups in total. The maximum Gasteiger partial charge on any atom is 0.191 e. The maximum atomic E-state index is 5.45. The topological polar surface area (TPSA) is 66.7 Å². The van der Waals surface area contributed by atoms with Crippen molar-refractivity contribution in [2.24, 2.45) is 12.0 Å². The molecule has 1 aliphatic rings. The second-order valence-electron chi connectivity index (χ2n) is 8.16. The molecule has 2 heterocycles. The van der Waals surface area contributed by atoms with Crippen molar-refractivity contribution in [3.63, 3.8) is 0 Å². The molecule has 1 saturated heterocycles. The lowest BCUT2D eigenvalue weighted by atomic mass is 10.1. The molecule has 0 saturated carbocycles. The molecule has 1 aromatic carbocycles. The molecule has 2 aromatic rings. The maximum absolute atomic E-state index is 5.45. The van der Waals surface area contributed by atoms with Crippen LogP contribution in [0.15, 0.2) is 29.3 Å². The third-order valence-corrected chi connectivity index (χ3v) is 5.74. The van der Waals surface area contributed by atoms with Gasteiger partial charge in [-0.25, -0.2) is 0 Å². The van der Waals surface area contributed by atoms with E-state index in [1.54, 1.807) is 0 Å². The Morgan fingerprint density at radius 2 is 1.94 bits per heavy atom. The van der Waals surface area contributed by atoms with Crippen LogP contribution in [-0.4, -0.2) is 60.0 Å². The number of benzene rings is 1. The van der Waals surface area contributed by atoms with Crippen molar-refractivity contribution in [1.29, 1.82) is 0 Å². The highest BCUT2D eigenvalue weighted by Gasteiger charge is 2.14. The Balaban J connectivity index is 0.00000341. The Hall–Kier alpha value is -1.65. The fourth-order valence-electron chi connectivity index (χ4n) is 3.94. The van der Waals surface area contributed by atoms with Gasteiger partial charge in [-0.05, 0) is 43.9 Å². The smallest absolute Gasteiger partial charge is 0.191 e. The number of hydrogen-bond donors (Lipinski definition) is 2. The molecule has 8 heteroatoms. The third kappa shape index (κ3) is 7.47. The first kappa shape index (κ1) is 25.6. The molecule has 0 radical (unpaired) electrons. The molecule has 0 amide bonds. The van der Waals surface area contributed by atoms with Crippen molar-refractivity contribution in [3.05, 3.63) is 52.3 Å². The summed E-state index contributed by atoms with van der Waals surface area (Å²) in [5, 5.41) is 11.5. The van der Waals surface area contributed by atoms with Crippen molar-refractivity contribution < 1.29 is 4.74 Å². The second-order valence-corrected chi connectivity index (χ2v) is 8.16. The van der Waals surface area contributed by atoms with E-state index in [0.29, 0.717) is 0 Å². The average Bonchev–Trinajstić information content (AvgIpc) is 2.98. The number of hydrogen-bond acceptors (Lipinski definition) is 4. The van der Waals surface area contributed by atoms with E-state index in [9.17, 15) is 0 Å². The number of rotatable bonds is 7. The molecule has 0 bridgehead atoms. The molecule has 1 unspecified atom stereocenters. The van der Waals surface area contributed by atoms with Gasteiger partial charge in [0.05, 0.1) is 18.9 Å². The van der Waals surface area contributed by atoms with Crippen molar-refractivity contribution in [3.8, 4) is 0 Å². The van der Waals surface area contributed by atoms with Crippen molar-refractivity contribution in [1.82, 2.24) is 25.3 Å². The summed E-state index contributed by atoms with van der Waals surface area (Å²) in [5.74, 6) is 0.820. The molecule has 1 fully saturated rings. The van der Waals surface area contributed by atoms with E-state index in [4.69, 9.17) is 4.74 Å². The van der Waals surface area contributed by atoms with Crippen LogP contribution in [0.4, 0.5) is 0 Å². The largest absolute Gasteiger partial charge is 0.379 e. The van der Waals surface area contributed by atoms with Crippen molar-refractivity contribution >= 4 is 29.9 Å². The lowest BCUT2D eigenvalue weighted by molar-refractivity contribution is 0.0342. The normalized spacial score (nSPS) is 16.0. The van der Waals surface area contributed by atoms with E-state index in [1.807, 2.05) is 18.8 Å². The number of nitrogens with one attached hydrogen (secondary N) is 2. The van der Waals surface area contributed by atoms with E-state index in [1.165, 1.54) is 22.4 Å². The Labute approximate surface area is 203 Å². The summed E-state index contributed by atoms with van der Waals surface area (Å²) >= 11 is 0. The number of halogens is 1. The van der Waals surface area contributed by atoms with Crippen LogP contribution >= 0.6 is 24.0 Å². The number of aromatic nitrogens is 2. The number of aryl methyl sites for hydroxylation is 2. The summed E-state index contributed by atoms with van der Waals surface area (Å²) in [6.07, 6.45) is 0.918. The average molecular weight is 540 g/mol. The van der Waals surface area contributed by atoms with Crippen LogP contribution in [0.2, 0.25) is 0 Å². The SMILES string of the molecule is CN=C(NCc1cccc(CN2CCOCC2)c1)NC(C)Cc1c(C)nn(C)c1C.I. The quantitative estimate of drug-likeness (QED) is 0.321. The minimum absolute atomic E-state index is 0. The van der Waals surface area contributed by atoms with Gasteiger partial charge in [0.2, 0.25) is 0 Å². The zero-order valence-corrected chi connectivity index (χ0v) is 21.8. The highest BCUT2D eigenvalue weighted by atomic mass is 127. The summed E-state index contributed by atoms with van der Waals surface area (Å²) in [7, 11) is 3.81. The molecular weight excluding hydrogens is 503 g/mol. The Bertz CT molecular complexity index is 860. The number of ether oxygens (including phenoxy) is 1. The van der Waals surface area contributed by atoms with Crippen LogP contribution in [0.5, 0.6) is 0 Å². The first-order chi connectivity index (χ1) is 14.5. The van der Waals surface area contributed by atoms with Gasteiger partial charge in [0.1, 0.15) is 0 Å². The van der Waals surface area contributed by atoms with Crippen LogP contribution in [0, 0.1) is 13.8 Å². The van der Waals surface area contributed by atoms with E-state index in [2.05, 4.69) is 70.7 Å². The molecule has 7 nitrogen and oxygen atoms in total. The number of aliphatic imine (C=N–C) groups is 1. The zero-order chi connectivity index (χ0) is 21.5. The molecule has 1 aliphatic heterocycles. The Morgan fingerprint density at radius 1 is 1.23 bits per heavy atom. The van der Waals surface area contributed by atoms with Gasteiger partial charge < -0.3 is 15.4 Å². The lowest BCUT2D eigenvalue weighted by Gasteiger charge is -2.26. The van der Waals surface area contributed by atoms with Gasteiger partial charge in [-0.1, -0.05) is 24.3 Å². The number of guanidine groups is 1. The van der Waals surface area contributed by atoms with E-state index >= 15 is 0 Å². The van der Waals surface area contributed by atoms with Crippen LogP contribution in [-0.2, 0) is 31.3 Å². The van der Waals surface area contributed by atoms with Crippen LogP contribution in [0.1, 0.15) is 35.0 Å². The van der Waals surface area contributed by atoms with Crippen LogP contribution in [0.25, 0.3) is 0 Å². The fourth-order valence-corrected chi connectivity index (χ4v) is 3.94. The zero-order valence-electron chi connectivity index (χ0n) is 19.4. The molecular formula is C23H37IN6O. The summed E-state index contributed by atoms with van der Waals surface area (Å²) in [5.41, 5.74) is 6.24. The van der Waals surface area contributed by atoms with Gasteiger partial charge in [-0.2, -0.15) is 5.10 Å². The molecule has 31 heavy (non-hydrogen) atoms. The number of nitrogens with zero attached hydrogens (tertiary/aromatic N) is 4. The van der Waals surface area contributed by atoms with Gasteiger partial charge in [0, 0.05) is 52.0 Å². The van der Waals surface area contributed by atoms with E-state index in [0.717, 1.165) is 57.5 Å². The van der Waals surface area contributed by atoms with E-state index in [-0.39, 0.29) is 30.0 Å². The van der Waals surface area contributed by atoms with Crippen LogP contribution in [0.3, 0.4) is 0 Å². The first-order valence-corrected chi connectivity index (χ1v) is 10.8. The highest BCUT2D eigenvalue weighted by molar-refractivity contribution is 14.0. The fraction of sp³-hybridized carbons (Fsp3) is 0.565. The van der Waals surface area contributed by atoms with Crippen LogP contribution < -0.4 is 10.6 Å². The molecule has 1 atom stereocenters.